The van der Waals surface area contributed by atoms with E-state index < -0.39 is 40.3 Å². The van der Waals surface area contributed by atoms with Crippen LogP contribution in [-0.2, 0) is 30.5 Å². The van der Waals surface area contributed by atoms with Crippen LogP contribution in [0.15, 0.2) is 6.20 Å². The van der Waals surface area contributed by atoms with E-state index in [1.54, 1.807) is 0 Å². The third-order valence-electron chi connectivity index (χ3n) is 2.91. The Bertz CT molecular complexity index is 691. The summed E-state index contributed by atoms with van der Waals surface area (Å²) in [6.07, 6.45) is 2.15. The average Bonchev–Trinajstić information content (AvgIpc) is 2.37. The molecule has 0 bridgehead atoms. The molecule has 1 aromatic heterocycles. The number of hydrogen-bond donors (Lipinski definition) is 1. The summed E-state index contributed by atoms with van der Waals surface area (Å²) in [4.78, 5) is 22.8. The lowest BCUT2D eigenvalue weighted by molar-refractivity contribution is -0.134. The monoisotopic (exact) mass is 317 g/mol. The number of amides is 2. The minimum absolute atomic E-state index is 0.0397. The van der Waals surface area contributed by atoms with Crippen molar-refractivity contribution in [3.63, 3.8) is 0 Å². The van der Waals surface area contributed by atoms with Crippen LogP contribution in [0.1, 0.15) is 30.0 Å². The number of hydrogen-bond acceptors (Lipinski definition) is 7. The number of carbonyl (C=O) groups is 2. The molecular weight excluding hydrogens is 305 g/mol. The van der Waals surface area contributed by atoms with Gasteiger partial charge in [-0.1, -0.05) is 0 Å². The Labute approximate surface area is 119 Å². The second kappa shape index (κ2) is 5.82. The highest BCUT2D eigenvalue weighted by Gasteiger charge is 2.31. The highest BCUT2D eigenvalue weighted by atomic mass is 32.2. The van der Waals surface area contributed by atoms with E-state index >= 15 is 0 Å². The van der Waals surface area contributed by atoms with E-state index in [9.17, 15) is 22.4 Å². The lowest BCUT2D eigenvalue weighted by Gasteiger charge is -2.21. The quantitative estimate of drug-likeness (QED) is 0.594. The minimum Gasteiger partial charge on any atom is -0.296 e. The van der Waals surface area contributed by atoms with Crippen molar-refractivity contribution in [2.24, 2.45) is 0 Å². The lowest BCUT2D eigenvalue weighted by atomic mass is 9.91. The van der Waals surface area contributed by atoms with E-state index in [1.807, 2.05) is 0 Å². The highest BCUT2D eigenvalue weighted by molar-refractivity contribution is 7.85. The average molecular weight is 317 g/mol. The van der Waals surface area contributed by atoms with Crippen molar-refractivity contribution < 1.29 is 26.6 Å². The first-order valence-electron chi connectivity index (χ1n) is 5.96. The summed E-state index contributed by atoms with van der Waals surface area (Å²) < 4.78 is 40.5. The molecule has 2 rings (SSSR count). The highest BCUT2D eigenvalue weighted by Crippen LogP contribution is 2.27. The predicted octanol–water partition coefficient (Wildman–Crippen LogP) is -0.388. The zero-order valence-electron chi connectivity index (χ0n) is 11.0. The van der Waals surface area contributed by atoms with Crippen LogP contribution in [0.2, 0.25) is 0 Å². The van der Waals surface area contributed by atoms with E-state index in [2.05, 4.69) is 19.7 Å². The van der Waals surface area contributed by atoms with Gasteiger partial charge in [0, 0.05) is 12.0 Å². The maximum absolute atomic E-state index is 14.3. The van der Waals surface area contributed by atoms with Crippen LogP contribution in [-0.4, -0.2) is 36.7 Å². The number of carbonyl (C=O) groups excluding carboxylic acids is 2. The number of nitrogens with one attached hydrogen (secondary N) is 1. The van der Waals surface area contributed by atoms with Crippen molar-refractivity contribution in [2.45, 2.75) is 25.4 Å². The van der Waals surface area contributed by atoms with Gasteiger partial charge in [-0.3, -0.25) is 19.1 Å². The number of imide groups is 1. The largest absolute Gasteiger partial charge is 0.296 e. The maximum atomic E-state index is 14.3. The van der Waals surface area contributed by atoms with Crippen molar-refractivity contribution in [3.8, 4) is 0 Å². The summed E-state index contributed by atoms with van der Waals surface area (Å²) in [6.45, 7) is -0.612. The Morgan fingerprint density at radius 1 is 1.48 bits per heavy atom. The zero-order valence-corrected chi connectivity index (χ0v) is 11.8. The third-order valence-corrected chi connectivity index (χ3v) is 3.45. The summed E-state index contributed by atoms with van der Waals surface area (Å²) in [5.74, 6) is -2.76. The van der Waals surface area contributed by atoms with E-state index in [-0.39, 0.29) is 24.1 Å². The first kappa shape index (κ1) is 15.4. The summed E-state index contributed by atoms with van der Waals surface area (Å²) in [5.41, 5.74) is -0.357. The Kier molecular flexibility index (Phi) is 4.28. The molecule has 1 atom stereocenters. The van der Waals surface area contributed by atoms with Gasteiger partial charge in [0.15, 0.2) is 5.82 Å². The van der Waals surface area contributed by atoms with Crippen molar-refractivity contribution in [2.75, 3.05) is 6.26 Å². The van der Waals surface area contributed by atoms with Crippen LogP contribution in [0.25, 0.3) is 0 Å². The lowest BCUT2D eigenvalue weighted by Crippen LogP contribution is -2.39. The number of nitrogens with zero attached hydrogens (tertiary/aromatic N) is 2. The number of rotatable bonds is 4. The van der Waals surface area contributed by atoms with Crippen LogP contribution in [0.4, 0.5) is 4.39 Å². The molecule has 0 aliphatic carbocycles. The van der Waals surface area contributed by atoms with Crippen molar-refractivity contribution in [1.29, 1.82) is 0 Å². The molecule has 1 N–H and O–H groups in total. The van der Waals surface area contributed by atoms with Crippen LogP contribution in [0.3, 0.4) is 0 Å². The van der Waals surface area contributed by atoms with Crippen molar-refractivity contribution in [3.05, 3.63) is 23.3 Å². The number of piperidine rings is 1. The SMILES string of the molecule is CS(=O)(=O)OCc1nncc(C2CCC(=O)NC2=O)c1F. The van der Waals surface area contributed by atoms with Gasteiger partial charge < -0.3 is 0 Å². The van der Waals surface area contributed by atoms with Gasteiger partial charge in [-0.05, 0) is 6.42 Å². The van der Waals surface area contributed by atoms with Crippen molar-refractivity contribution in [1.82, 2.24) is 15.5 Å². The maximum Gasteiger partial charge on any atom is 0.264 e. The molecular formula is C11H12FN3O5S. The van der Waals surface area contributed by atoms with Crippen LogP contribution in [0.5, 0.6) is 0 Å². The molecule has 10 heteroatoms. The van der Waals surface area contributed by atoms with Crippen LogP contribution < -0.4 is 5.32 Å². The second-order valence-corrected chi connectivity index (χ2v) is 6.17. The Morgan fingerprint density at radius 3 is 2.81 bits per heavy atom. The Morgan fingerprint density at radius 2 is 2.19 bits per heavy atom. The molecule has 114 valence electrons. The smallest absolute Gasteiger partial charge is 0.264 e. The molecule has 1 aliphatic rings. The molecule has 0 aromatic carbocycles. The molecule has 2 heterocycles. The summed E-state index contributed by atoms with van der Waals surface area (Å²) >= 11 is 0. The van der Waals surface area contributed by atoms with E-state index in [1.165, 1.54) is 0 Å². The standard InChI is InChI=1S/C11H12FN3O5S/c1-21(18,19)20-5-8-10(12)7(4-13-15-8)6-2-3-9(16)14-11(6)17/h4,6H,2-3,5H2,1H3,(H,14,16,17). The first-order valence-corrected chi connectivity index (χ1v) is 7.77. The molecule has 1 unspecified atom stereocenters. The van der Waals surface area contributed by atoms with Crippen LogP contribution in [0, 0.1) is 5.82 Å². The van der Waals surface area contributed by atoms with Gasteiger partial charge in [0.2, 0.25) is 11.8 Å². The van der Waals surface area contributed by atoms with Crippen molar-refractivity contribution >= 4 is 21.9 Å². The molecule has 0 saturated carbocycles. The number of halogens is 1. The normalized spacial score (nSPS) is 19.4. The van der Waals surface area contributed by atoms with Gasteiger partial charge in [0.05, 0.1) is 18.4 Å². The molecule has 1 aromatic rings. The van der Waals surface area contributed by atoms with Gasteiger partial charge in [-0.2, -0.15) is 13.5 Å². The molecule has 1 saturated heterocycles. The predicted molar refractivity (Wildman–Crippen MR) is 66.7 cm³/mol. The van der Waals surface area contributed by atoms with Gasteiger partial charge in [-0.15, -0.1) is 5.10 Å². The Balaban J connectivity index is 2.25. The molecule has 0 spiro atoms. The summed E-state index contributed by atoms with van der Waals surface area (Å²) in [5, 5.41) is 9.12. The molecule has 1 fully saturated rings. The van der Waals surface area contributed by atoms with Gasteiger partial charge in [-0.25, -0.2) is 4.39 Å². The second-order valence-electron chi connectivity index (χ2n) is 4.53. The Hall–Kier alpha value is -1.94. The molecule has 2 amide bonds. The fourth-order valence-corrected chi connectivity index (χ4v) is 2.24. The van der Waals surface area contributed by atoms with Crippen LogP contribution >= 0.6 is 0 Å². The van der Waals surface area contributed by atoms with Gasteiger partial charge in [0.25, 0.3) is 10.1 Å². The molecule has 0 radical (unpaired) electrons. The fourth-order valence-electron chi connectivity index (χ4n) is 1.92. The molecule has 1 aliphatic heterocycles. The third kappa shape index (κ3) is 3.79. The van der Waals surface area contributed by atoms with Gasteiger partial charge in [0.1, 0.15) is 12.3 Å². The minimum atomic E-state index is -3.75. The fraction of sp³-hybridized carbons (Fsp3) is 0.455. The molecule has 21 heavy (non-hydrogen) atoms. The first-order chi connectivity index (χ1) is 9.78. The number of aromatic nitrogens is 2. The van der Waals surface area contributed by atoms with Gasteiger partial charge >= 0.3 is 0 Å². The summed E-state index contributed by atoms with van der Waals surface area (Å²) in [6, 6.07) is 0. The zero-order chi connectivity index (χ0) is 15.6. The summed E-state index contributed by atoms with van der Waals surface area (Å²) in [7, 11) is -3.75. The van der Waals surface area contributed by atoms with E-state index in [0.717, 1.165) is 12.5 Å². The topological polar surface area (TPSA) is 115 Å². The van der Waals surface area contributed by atoms with E-state index in [4.69, 9.17) is 0 Å². The van der Waals surface area contributed by atoms with E-state index in [0.29, 0.717) is 0 Å². The molecule has 8 nitrogen and oxygen atoms in total.